The van der Waals surface area contributed by atoms with Gasteiger partial charge in [0.1, 0.15) is 6.61 Å². The molecule has 0 unspecified atom stereocenters. The third-order valence-corrected chi connectivity index (χ3v) is 5.54. The summed E-state index contributed by atoms with van der Waals surface area (Å²) in [6.45, 7) is 2.21. The molecule has 1 N–H and O–H groups in total. The molecule has 0 fully saturated rings. The molecule has 0 saturated heterocycles. The van der Waals surface area contributed by atoms with Gasteiger partial charge < -0.3 is 4.74 Å². The molecule has 0 saturated carbocycles. The van der Waals surface area contributed by atoms with Crippen molar-refractivity contribution in [2.45, 2.75) is 6.92 Å². The summed E-state index contributed by atoms with van der Waals surface area (Å²) >= 11 is 0. The number of benzene rings is 2. The van der Waals surface area contributed by atoms with Gasteiger partial charge in [-0.25, -0.2) is 13.1 Å². The van der Waals surface area contributed by atoms with Crippen molar-refractivity contribution >= 4 is 21.7 Å². The fraction of sp³-hybridized carbons (Fsp3) is 0.136. The van der Waals surface area contributed by atoms with E-state index in [1.54, 1.807) is 22.7 Å². The first kappa shape index (κ1) is 20.7. The number of rotatable bonds is 8. The van der Waals surface area contributed by atoms with Gasteiger partial charge in [-0.3, -0.25) is 0 Å². The van der Waals surface area contributed by atoms with Gasteiger partial charge in [-0.15, -0.1) is 15.3 Å². The smallest absolute Gasteiger partial charge is 0.233 e. The van der Waals surface area contributed by atoms with E-state index in [-0.39, 0.29) is 13.2 Å². The minimum Gasteiger partial charge on any atom is -0.475 e. The Bertz CT molecular complexity index is 1300. The Morgan fingerprint density at radius 1 is 1.00 bits per heavy atom. The monoisotopic (exact) mass is 435 g/mol. The lowest BCUT2D eigenvalue weighted by molar-refractivity contribution is 0.306. The maximum atomic E-state index is 12.1. The topological polar surface area (TPSA) is 98.5 Å². The van der Waals surface area contributed by atoms with E-state index in [1.807, 2.05) is 61.5 Å². The van der Waals surface area contributed by atoms with Gasteiger partial charge in [0, 0.05) is 23.6 Å². The molecule has 2 heterocycles. The normalized spacial score (nSPS) is 11.9. The van der Waals surface area contributed by atoms with Crippen molar-refractivity contribution in [3.63, 3.8) is 0 Å². The second-order valence-electron chi connectivity index (χ2n) is 6.83. The van der Waals surface area contributed by atoms with Crippen molar-refractivity contribution in [2.24, 2.45) is 0 Å². The fourth-order valence-electron chi connectivity index (χ4n) is 2.85. The Hall–Kier alpha value is -3.56. The summed E-state index contributed by atoms with van der Waals surface area (Å²) in [5.74, 6) is 0.946. The highest BCUT2D eigenvalue weighted by molar-refractivity contribution is 7.92. The van der Waals surface area contributed by atoms with Crippen LogP contribution in [0.1, 0.15) is 11.1 Å². The van der Waals surface area contributed by atoms with E-state index in [0.717, 1.165) is 22.1 Å². The molecule has 8 nitrogen and oxygen atoms in total. The first-order valence-electron chi connectivity index (χ1n) is 9.65. The molecule has 0 amide bonds. The van der Waals surface area contributed by atoms with Crippen molar-refractivity contribution in [1.82, 2.24) is 24.5 Å². The second kappa shape index (κ2) is 9.07. The Morgan fingerprint density at radius 2 is 1.77 bits per heavy atom. The maximum absolute atomic E-state index is 12.1. The molecular weight excluding hydrogens is 414 g/mol. The zero-order valence-corrected chi connectivity index (χ0v) is 17.7. The number of aryl methyl sites for hydroxylation is 1. The van der Waals surface area contributed by atoms with Gasteiger partial charge in [-0.1, -0.05) is 60.2 Å². The van der Waals surface area contributed by atoms with Crippen molar-refractivity contribution in [1.29, 1.82) is 0 Å². The van der Waals surface area contributed by atoms with E-state index < -0.39 is 10.0 Å². The molecule has 4 aromatic rings. The molecule has 2 aromatic heterocycles. The predicted octanol–water partition coefficient (Wildman–Crippen LogP) is 3.07. The summed E-state index contributed by atoms with van der Waals surface area (Å²) in [7, 11) is -3.57. The van der Waals surface area contributed by atoms with Gasteiger partial charge in [0.25, 0.3) is 0 Å². The standard InChI is InChI=1S/C22H21N5O3S/c1-17-7-9-18(10-8-17)13-16-31(28,29)23-14-15-30-21-12-11-20-24-25-22(27(20)26-21)19-5-3-2-4-6-19/h2-13,16,23H,14-15H2,1H3/b16-13+. The SMILES string of the molecule is Cc1ccc(/C=C/S(=O)(=O)NCCOc2ccc3nnc(-c4ccccc4)n3n2)cc1. The number of hydrogen-bond acceptors (Lipinski definition) is 6. The third kappa shape index (κ3) is 5.33. The van der Waals surface area contributed by atoms with Crippen LogP contribution in [0.4, 0.5) is 0 Å². The zero-order chi connectivity index (χ0) is 21.7. The number of nitrogens with zero attached hydrogens (tertiary/aromatic N) is 4. The Balaban J connectivity index is 1.35. The van der Waals surface area contributed by atoms with Crippen LogP contribution in [0.25, 0.3) is 23.1 Å². The Morgan fingerprint density at radius 3 is 2.55 bits per heavy atom. The van der Waals surface area contributed by atoms with Crippen LogP contribution in [0.5, 0.6) is 5.88 Å². The minimum absolute atomic E-state index is 0.105. The highest BCUT2D eigenvalue weighted by Gasteiger charge is 2.10. The molecule has 0 atom stereocenters. The van der Waals surface area contributed by atoms with Gasteiger partial charge in [-0.05, 0) is 24.6 Å². The van der Waals surface area contributed by atoms with Crippen LogP contribution < -0.4 is 9.46 Å². The Kier molecular flexibility index (Phi) is 6.06. The number of hydrogen-bond donors (Lipinski definition) is 1. The molecule has 2 aromatic carbocycles. The van der Waals surface area contributed by atoms with Gasteiger partial charge in [0.05, 0.1) is 0 Å². The van der Waals surface area contributed by atoms with Gasteiger partial charge in [0.15, 0.2) is 11.5 Å². The second-order valence-corrected chi connectivity index (χ2v) is 8.48. The lowest BCUT2D eigenvalue weighted by Crippen LogP contribution is -2.26. The van der Waals surface area contributed by atoms with Crippen molar-refractivity contribution in [2.75, 3.05) is 13.2 Å². The fourth-order valence-corrected chi connectivity index (χ4v) is 3.65. The predicted molar refractivity (Wildman–Crippen MR) is 119 cm³/mol. The molecule has 9 heteroatoms. The van der Waals surface area contributed by atoms with Crippen molar-refractivity contribution in [3.8, 4) is 17.3 Å². The first-order chi connectivity index (χ1) is 15.0. The number of ether oxygens (including phenoxy) is 1. The molecule has 0 spiro atoms. The van der Waals surface area contributed by atoms with Gasteiger partial charge in [-0.2, -0.15) is 4.52 Å². The van der Waals surface area contributed by atoms with Crippen LogP contribution in [0.3, 0.4) is 0 Å². The molecule has 0 bridgehead atoms. The first-order valence-corrected chi connectivity index (χ1v) is 11.2. The van der Waals surface area contributed by atoms with Crippen LogP contribution in [0.15, 0.2) is 72.1 Å². The highest BCUT2D eigenvalue weighted by Crippen LogP contribution is 2.18. The summed E-state index contributed by atoms with van der Waals surface area (Å²) in [6.07, 6.45) is 1.55. The molecule has 4 rings (SSSR count). The number of sulfonamides is 1. The summed E-state index contributed by atoms with van der Waals surface area (Å²) in [5.41, 5.74) is 3.40. The number of fused-ring (bicyclic) bond motifs is 1. The van der Waals surface area contributed by atoms with Crippen LogP contribution in [-0.2, 0) is 10.0 Å². The molecule has 0 radical (unpaired) electrons. The zero-order valence-electron chi connectivity index (χ0n) is 16.8. The maximum Gasteiger partial charge on any atom is 0.233 e. The van der Waals surface area contributed by atoms with Gasteiger partial charge >= 0.3 is 0 Å². The van der Waals surface area contributed by atoms with E-state index in [2.05, 4.69) is 20.0 Å². The summed E-state index contributed by atoms with van der Waals surface area (Å²) in [6, 6.07) is 20.6. The average molecular weight is 436 g/mol. The van der Waals surface area contributed by atoms with E-state index >= 15 is 0 Å². The number of nitrogens with one attached hydrogen (secondary N) is 1. The van der Waals surface area contributed by atoms with Gasteiger partial charge in [0.2, 0.25) is 15.9 Å². The average Bonchev–Trinajstić information content (AvgIpc) is 3.20. The van der Waals surface area contributed by atoms with Crippen LogP contribution in [0.2, 0.25) is 0 Å². The van der Waals surface area contributed by atoms with Crippen molar-refractivity contribution < 1.29 is 13.2 Å². The van der Waals surface area contributed by atoms with E-state index in [0.29, 0.717) is 17.4 Å². The van der Waals surface area contributed by atoms with Crippen LogP contribution in [0, 0.1) is 6.92 Å². The molecule has 0 aliphatic rings. The van der Waals surface area contributed by atoms with E-state index in [9.17, 15) is 8.42 Å². The molecule has 31 heavy (non-hydrogen) atoms. The van der Waals surface area contributed by atoms with Crippen LogP contribution >= 0.6 is 0 Å². The molecule has 158 valence electrons. The lowest BCUT2D eigenvalue weighted by atomic mass is 10.2. The summed E-state index contributed by atoms with van der Waals surface area (Å²) < 4.78 is 34.0. The Labute approximate surface area is 180 Å². The lowest BCUT2D eigenvalue weighted by Gasteiger charge is -2.07. The van der Waals surface area contributed by atoms with E-state index in [1.165, 1.54) is 0 Å². The third-order valence-electron chi connectivity index (χ3n) is 4.44. The quantitative estimate of drug-likeness (QED) is 0.427. The van der Waals surface area contributed by atoms with Crippen LogP contribution in [-0.4, -0.2) is 41.4 Å². The minimum atomic E-state index is -3.57. The summed E-state index contributed by atoms with van der Waals surface area (Å²) in [4.78, 5) is 0. The highest BCUT2D eigenvalue weighted by atomic mass is 32.2. The van der Waals surface area contributed by atoms with E-state index in [4.69, 9.17) is 4.74 Å². The summed E-state index contributed by atoms with van der Waals surface area (Å²) in [5, 5.41) is 13.8. The largest absolute Gasteiger partial charge is 0.475 e. The molecular formula is C22H21N5O3S. The molecule has 0 aliphatic carbocycles. The molecule has 0 aliphatic heterocycles. The number of aromatic nitrogens is 4. The van der Waals surface area contributed by atoms with Crippen molar-refractivity contribution in [3.05, 3.63) is 83.3 Å².